The first kappa shape index (κ1) is 12.6. The highest BCUT2D eigenvalue weighted by Gasteiger charge is 2.44. The third kappa shape index (κ3) is 2.14. The summed E-state index contributed by atoms with van der Waals surface area (Å²) in [6.07, 6.45) is 3.78. The summed E-state index contributed by atoms with van der Waals surface area (Å²) in [5.74, 6) is -0.0904. The standard InChI is InChI=1S/C13H19N3O3/c1-15-12(18)5-4-11(14-15)13(19)16-8-2-3-9(16)7-10(17)6-8/h8-10,17H,2-7H2,1H3. The van der Waals surface area contributed by atoms with Crippen molar-refractivity contribution >= 4 is 17.5 Å². The van der Waals surface area contributed by atoms with Crippen molar-refractivity contribution in [3.63, 3.8) is 0 Å². The van der Waals surface area contributed by atoms with Gasteiger partial charge in [0.05, 0.1) is 6.10 Å². The minimum Gasteiger partial charge on any atom is -0.393 e. The molecule has 0 radical (unpaired) electrons. The molecule has 2 unspecified atom stereocenters. The second-order valence-electron chi connectivity index (χ2n) is 5.69. The molecule has 0 aromatic rings. The van der Waals surface area contributed by atoms with Crippen molar-refractivity contribution in [2.24, 2.45) is 5.10 Å². The number of fused-ring (bicyclic) bond motifs is 2. The number of nitrogens with zero attached hydrogens (tertiary/aromatic N) is 3. The Kier molecular flexibility index (Phi) is 3.05. The van der Waals surface area contributed by atoms with Gasteiger partial charge in [-0.3, -0.25) is 9.59 Å². The predicted octanol–water partition coefficient (Wildman–Crippen LogP) is 0.109. The smallest absolute Gasteiger partial charge is 0.270 e. The molecule has 2 saturated heterocycles. The third-order valence-electron chi connectivity index (χ3n) is 4.40. The van der Waals surface area contributed by atoms with E-state index in [-0.39, 0.29) is 30.0 Å². The molecule has 3 rings (SSSR count). The highest BCUT2D eigenvalue weighted by Crippen LogP contribution is 2.36. The lowest BCUT2D eigenvalue weighted by atomic mass is 9.98. The molecular formula is C13H19N3O3. The summed E-state index contributed by atoms with van der Waals surface area (Å²) in [6.45, 7) is 0. The summed E-state index contributed by atoms with van der Waals surface area (Å²) >= 11 is 0. The van der Waals surface area contributed by atoms with E-state index in [1.54, 1.807) is 7.05 Å². The Morgan fingerprint density at radius 1 is 1.26 bits per heavy atom. The van der Waals surface area contributed by atoms with Gasteiger partial charge in [-0.1, -0.05) is 0 Å². The van der Waals surface area contributed by atoms with E-state index < -0.39 is 0 Å². The molecule has 3 heterocycles. The Balaban J connectivity index is 1.78. The molecule has 0 spiro atoms. The Morgan fingerprint density at radius 2 is 1.89 bits per heavy atom. The summed E-state index contributed by atoms with van der Waals surface area (Å²) in [5.41, 5.74) is 0.482. The quantitative estimate of drug-likeness (QED) is 0.731. The van der Waals surface area contributed by atoms with E-state index in [0.29, 0.717) is 31.4 Å². The summed E-state index contributed by atoms with van der Waals surface area (Å²) in [6, 6.07) is 0.291. The topological polar surface area (TPSA) is 73.2 Å². The minimum absolute atomic E-state index is 0.0428. The van der Waals surface area contributed by atoms with Crippen molar-refractivity contribution in [3.05, 3.63) is 0 Å². The molecule has 2 amide bonds. The largest absolute Gasteiger partial charge is 0.393 e. The van der Waals surface area contributed by atoms with E-state index in [2.05, 4.69) is 5.10 Å². The first-order valence-electron chi connectivity index (χ1n) is 6.91. The molecule has 6 heteroatoms. The lowest BCUT2D eigenvalue weighted by molar-refractivity contribution is -0.132. The lowest BCUT2D eigenvalue weighted by Crippen LogP contribution is -2.51. The van der Waals surface area contributed by atoms with E-state index in [1.165, 1.54) is 5.01 Å². The van der Waals surface area contributed by atoms with Crippen LogP contribution in [-0.2, 0) is 9.59 Å². The van der Waals surface area contributed by atoms with Gasteiger partial charge in [0.25, 0.3) is 5.91 Å². The fourth-order valence-corrected chi connectivity index (χ4v) is 3.45. The minimum atomic E-state index is -0.279. The predicted molar refractivity (Wildman–Crippen MR) is 68.3 cm³/mol. The van der Waals surface area contributed by atoms with Crippen LogP contribution < -0.4 is 0 Å². The van der Waals surface area contributed by atoms with Gasteiger partial charge in [0, 0.05) is 32.0 Å². The fraction of sp³-hybridized carbons (Fsp3) is 0.769. The van der Waals surface area contributed by atoms with Crippen LogP contribution in [0.2, 0.25) is 0 Å². The molecule has 3 aliphatic heterocycles. The highest BCUT2D eigenvalue weighted by molar-refractivity contribution is 6.39. The average Bonchev–Trinajstić information content (AvgIpc) is 2.64. The van der Waals surface area contributed by atoms with Gasteiger partial charge in [0.2, 0.25) is 5.91 Å². The molecule has 0 aromatic heterocycles. The Morgan fingerprint density at radius 3 is 2.47 bits per heavy atom. The number of amides is 2. The zero-order valence-electron chi connectivity index (χ0n) is 11.1. The van der Waals surface area contributed by atoms with Gasteiger partial charge in [-0.2, -0.15) is 5.10 Å². The Labute approximate surface area is 112 Å². The van der Waals surface area contributed by atoms with Crippen LogP contribution in [0.4, 0.5) is 0 Å². The fourth-order valence-electron chi connectivity index (χ4n) is 3.45. The number of hydrogen-bond donors (Lipinski definition) is 1. The van der Waals surface area contributed by atoms with Gasteiger partial charge in [-0.15, -0.1) is 0 Å². The van der Waals surface area contributed by atoms with E-state index in [9.17, 15) is 14.7 Å². The van der Waals surface area contributed by atoms with Gasteiger partial charge in [0.15, 0.2) is 0 Å². The molecule has 6 nitrogen and oxygen atoms in total. The zero-order valence-corrected chi connectivity index (χ0v) is 11.1. The normalized spacial score (nSPS) is 34.5. The lowest BCUT2D eigenvalue weighted by Gasteiger charge is -2.37. The number of piperidine rings is 1. The molecule has 2 bridgehead atoms. The first-order chi connectivity index (χ1) is 9.06. The van der Waals surface area contributed by atoms with Crippen LogP contribution in [-0.4, -0.2) is 57.8 Å². The van der Waals surface area contributed by atoms with Gasteiger partial charge in [-0.05, 0) is 25.7 Å². The Bertz CT molecular complexity index is 434. The van der Waals surface area contributed by atoms with Crippen LogP contribution in [0.5, 0.6) is 0 Å². The zero-order chi connectivity index (χ0) is 13.6. The molecule has 19 heavy (non-hydrogen) atoms. The highest BCUT2D eigenvalue weighted by atomic mass is 16.3. The van der Waals surface area contributed by atoms with Crippen molar-refractivity contribution in [2.75, 3.05) is 7.05 Å². The SMILES string of the molecule is CN1N=C(C(=O)N2C3CCC2CC(O)C3)CCC1=O. The third-order valence-corrected chi connectivity index (χ3v) is 4.40. The summed E-state index contributed by atoms with van der Waals surface area (Å²) in [4.78, 5) is 25.8. The monoisotopic (exact) mass is 265 g/mol. The molecule has 3 aliphatic rings. The van der Waals surface area contributed by atoms with Crippen LogP contribution in [0.3, 0.4) is 0 Å². The molecule has 0 aliphatic carbocycles. The maximum absolute atomic E-state index is 12.5. The van der Waals surface area contributed by atoms with Crippen molar-refractivity contribution < 1.29 is 14.7 Å². The molecule has 0 saturated carbocycles. The molecule has 2 fully saturated rings. The molecule has 104 valence electrons. The Hall–Kier alpha value is -1.43. The van der Waals surface area contributed by atoms with Crippen molar-refractivity contribution in [1.82, 2.24) is 9.91 Å². The number of carbonyl (C=O) groups is 2. The number of aliphatic hydroxyl groups excluding tert-OH is 1. The van der Waals surface area contributed by atoms with Crippen LogP contribution in [0.1, 0.15) is 38.5 Å². The number of carbonyl (C=O) groups excluding carboxylic acids is 2. The van der Waals surface area contributed by atoms with Crippen LogP contribution in [0.15, 0.2) is 5.10 Å². The van der Waals surface area contributed by atoms with Gasteiger partial charge < -0.3 is 10.0 Å². The maximum atomic E-state index is 12.5. The molecular weight excluding hydrogens is 246 g/mol. The first-order valence-corrected chi connectivity index (χ1v) is 6.91. The van der Waals surface area contributed by atoms with E-state index >= 15 is 0 Å². The van der Waals surface area contributed by atoms with E-state index in [4.69, 9.17) is 0 Å². The van der Waals surface area contributed by atoms with Gasteiger partial charge >= 0.3 is 0 Å². The second-order valence-corrected chi connectivity index (χ2v) is 5.69. The second kappa shape index (κ2) is 4.59. The number of hydrazone groups is 1. The number of hydrogen-bond acceptors (Lipinski definition) is 4. The van der Waals surface area contributed by atoms with Crippen LogP contribution >= 0.6 is 0 Å². The van der Waals surface area contributed by atoms with Crippen LogP contribution in [0, 0.1) is 0 Å². The molecule has 2 atom stereocenters. The van der Waals surface area contributed by atoms with Gasteiger partial charge in [0.1, 0.15) is 5.71 Å². The number of aliphatic hydroxyl groups is 1. The summed E-state index contributed by atoms with van der Waals surface area (Å²) in [7, 11) is 1.59. The summed E-state index contributed by atoms with van der Waals surface area (Å²) < 4.78 is 0. The number of rotatable bonds is 1. The van der Waals surface area contributed by atoms with Crippen LogP contribution in [0.25, 0.3) is 0 Å². The summed E-state index contributed by atoms with van der Waals surface area (Å²) in [5, 5.41) is 15.1. The van der Waals surface area contributed by atoms with E-state index in [1.807, 2.05) is 4.90 Å². The average molecular weight is 265 g/mol. The maximum Gasteiger partial charge on any atom is 0.270 e. The van der Waals surface area contributed by atoms with Crippen molar-refractivity contribution in [2.45, 2.75) is 56.7 Å². The molecule has 1 N–H and O–H groups in total. The van der Waals surface area contributed by atoms with E-state index in [0.717, 1.165) is 12.8 Å². The van der Waals surface area contributed by atoms with Crippen molar-refractivity contribution in [1.29, 1.82) is 0 Å². The molecule has 0 aromatic carbocycles. The van der Waals surface area contributed by atoms with Gasteiger partial charge in [-0.25, -0.2) is 5.01 Å². The van der Waals surface area contributed by atoms with Crippen molar-refractivity contribution in [3.8, 4) is 0 Å².